The molecule has 0 unspecified atom stereocenters. The number of hydrogen-bond donors (Lipinski definition) is 1. The third kappa shape index (κ3) is 3.08. The van der Waals surface area contributed by atoms with Gasteiger partial charge in [0.1, 0.15) is 23.1 Å². The number of aliphatic hydroxyl groups excluding tert-OH is 1. The van der Waals surface area contributed by atoms with Gasteiger partial charge in [0.05, 0.1) is 13.2 Å². The van der Waals surface area contributed by atoms with E-state index in [1.807, 2.05) is 0 Å². The van der Waals surface area contributed by atoms with Crippen molar-refractivity contribution in [3.63, 3.8) is 0 Å². The maximum Gasteiger partial charge on any atom is 0.133 e. The molecule has 0 radical (unpaired) electrons. The SMILES string of the molecule is COc1ccc(Oc2cc(C)c(F)cc2[C@@H](C)O)cc1. The molecule has 4 heteroatoms. The highest BCUT2D eigenvalue weighted by Crippen LogP contribution is 2.32. The van der Waals surface area contributed by atoms with Crippen molar-refractivity contribution in [2.45, 2.75) is 20.0 Å². The highest BCUT2D eigenvalue weighted by Gasteiger charge is 2.13. The van der Waals surface area contributed by atoms with E-state index in [0.717, 1.165) is 5.75 Å². The fourth-order valence-electron chi connectivity index (χ4n) is 1.86. The van der Waals surface area contributed by atoms with Gasteiger partial charge in [-0.15, -0.1) is 0 Å². The summed E-state index contributed by atoms with van der Waals surface area (Å²) in [6, 6.07) is 9.94. The third-order valence-electron chi connectivity index (χ3n) is 3.03. The highest BCUT2D eigenvalue weighted by atomic mass is 19.1. The van der Waals surface area contributed by atoms with E-state index in [-0.39, 0.29) is 5.82 Å². The van der Waals surface area contributed by atoms with Gasteiger partial charge in [0.2, 0.25) is 0 Å². The third-order valence-corrected chi connectivity index (χ3v) is 3.03. The van der Waals surface area contributed by atoms with Crippen molar-refractivity contribution in [3.8, 4) is 17.2 Å². The fourth-order valence-corrected chi connectivity index (χ4v) is 1.86. The summed E-state index contributed by atoms with van der Waals surface area (Å²) in [6.07, 6.45) is -0.807. The van der Waals surface area contributed by atoms with E-state index in [1.54, 1.807) is 51.3 Å². The average Bonchev–Trinajstić information content (AvgIpc) is 2.43. The minimum atomic E-state index is -0.807. The van der Waals surface area contributed by atoms with Crippen molar-refractivity contribution in [2.24, 2.45) is 0 Å². The van der Waals surface area contributed by atoms with Gasteiger partial charge in [0.15, 0.2) is 0 Å². The number of methoxy groups -OCH3 is 1. The first kappa shape index (κ1) is 14.3. The van der Waals surface area contributed by atoms with E-state index in [4.69, 9.17) is 9.47 Å². The van der Waals surface area contributed by atoms with Crippen LogP contribution >= 0.6 is 0 Å². The predicted molar refractivity (Wildman–Crippen MR) is 74.8 cm³/mol. The summed E-state index contributed by atoms with van der Waals surface area (Å²) in [5.41, 5.74) is 0.891. The molecule has 2 aromatic rings. The molecule has 1 N–H and O–H groups in total. The smallest absolute Gasteiger partial charge is 0.133 e. The zero-order valence-electron chi connectivity index (χ0n) is 11.7. The molecular weight excluding hydrogens is 259 g/mol. The first-order chi connectivity index (χ1) is 9.51. The Morgan fingerprint density at radius 3 is 2.25 bits per heavy atom. The van der Waals surface area contributed by atoms with Gasteiger partial charge < -0.3 is 14.6 Å². The van der Waals surface area contributed by atoms with Crippen LogP contribution < -0.4 is 9.47 Å². The average molecular weight is 276 g/mol. The summed E-state index contributed by atoms with van der Waals surface area (Å²) in [6.45, 7) is 3.23. The highest BCUT2D eigenvalue weighted by molar-refractivity contribution is 5.43. The molecule has 0 aromatic heterocycles. The van der Waals surface area contributed by atoms with Gasteiger partial charge in [-0.05, 0) is 55.8 Å². The molecule has 106 valence electrons. The quantitative estimate of drug-likeness (QED) is 0.917. The number of ether oxygens (including phenoxy) is 2. The van der Waals surface area contributed by atoms with E-state index >= 15 is 0 Å². The second kappa shape index (κ2) is 5.92. The van der Waals surface area contributed by atoms with Crippen LogP contribution in [0, 0.1) is 12.7 Å². The molecule has 0 aliphatic carbocycles. The molecule has 0 aliphatic rings. The minimum Gasteiger partial charge on any atom is -0.497 e. The lowest BCUT2D eigenvalue weighted by Gasteiger charge is -2.15. The lowest BCUT2D eigenvalue weighted by Crippen LogP contribution is -1.99. The minimum absolute atomic E-state index is 0.358. The normalized spacial score (nSPS) is 12.1. The topological polar surface area (TPSA) is 38.7 Å². The predicted octanol–water partition coefficient (Wildman–Crippen LogP) is 3.99. The summed E-state index contributed by atoms with van der Waals surface area (Å²) in [4.78, 5) is 0. The zero-order chi connectivity index (χ0) is 14.7. The van der Waals surface area contributed by atoms with Gasteiger partial charge in [-0.1, -0.05) is 0 Å². The molecule has 0 saturated carbocycles. The Bertz CT molecular complexity index is 591. The van der Waals surface area contributed by atoms with Gasteiger partial charge >= 0.3 is 0 Å². The van der Waals surface area contributed by atoms with Crippen LogP contribution in [0.2, 0.25) is 0 Å². The number of rotatable bonds is 4. The number of hydrogen-bond acceptors (Lipinski definition) is 3. The summed E-state index contributed by atoms with van der Waals surface area (Å²) < 4.78 is 24.4. The van der Waals surface area contributed by atoms with Crippen molar-refractivity contribution in [2.75, 3.05) is 7.11 Å². The van der Waals surface area contributed by atoms with Crippen LogP contribution in [-0.2, 0) is 0 Å². The summed E-state index contributed by atoms with van der Waals surface area (Å²) >= 11 is 0. The van der Waals surface area contributed by atoms with Crippen molar-refractivity contribution in [1.29, 1.82) is 0 Å². The first-order valence-electron chi connectivity index (χ1n) is 6.31. The molecule has 2 aromatic carbocycles. The van der Waals surface area contributed by atoms with E-state index in [9.17, 15) is 9.50 Å². The number of benzene rings is 2. The second-order valence-electron chi connectivity index (χ2n) is 4.59. The molecule has 0 spiro atoms. The van der Waals surface area contributed by atoms with Crippen LogP contribution in [0.4, 0.5) is 4.39 Å². The maximum atomic E-state index is 13.6. The molecule has 20 heavy (non-hydrogen) atoms. The molecule has 2 rings (SSSR count). The van der Waals surface area contributed by atoms with Crippen LogP contribution in [-0.4, -0.2) is 12.2 Å². The van der Waals surface area contributed by atoms with Crippen LogP contribution in [0.3, 0.4) is 0 Å². The largest absolute Gasteiger partial charge is 0.497 e. The molecule has 0 aliphatic heterocycles. The van der Waals surface area contributed by atoms with Crippen LogP contribution in [0.1, 0.15) is 24.2 Å². The molecule has 0 bridgehead atoms. The Kier molecular flexibility index (Phi) is 4.25. The zero-order valence-corrected chi connectivity index (χ0v) is 11.7. The Hall–Kier alpha value is -2.07. The Labute approximate surface area is 117 Å². The monoisotopic (exact) mass is 276 g/mol. The van der Waals surface area contributed by atoms with E-state index < -0.39 is 6.10 Å². The van der Waals surface area contributed by atoms with Gasteiger partial charge in [-0.2, -0.15) is 0 Å². The van der Waals surface area contributed by atoms with Gasteiger partial charge in [0.25, 0.3) is 0 Å². The Morgan fingerprint density at radius 2 is 1.70 bits per heavy atom. The van der Waals surface area contributed by atoms with E-state index in [2.05, 4.69) is 0 Å². The lowest BCUT2D eigenvalue weighted by molar-refractivity contribution is 0.195. The van der Waals surface area contributed by atoms with Gasteiger partial charge in [-0.25, -0.2) is 4.39 Å². The molecule has 3 nitrogen and oxygen atoms in total. The number of aryl methyl sites for hydroxylation is 1. The fraction of sp³-hybridized carbons (Fsp3) is 0.250. The molecule has 0 saturated heterocycles. The summed E-state index contributed by atoms with van der Waals surface area (Å²) in [5.74, 6) is 1.41. The van der Waals surface area contributed by atoms with Crippen molar-refractivity contribution in [1.82, 2.24) is 0 Å². The van der Waals surface area contributed by atoms with Crippen LogP contribution in [0.5, 0.6) is 17.2 Å². The molecule has 0 amide bonds. The number of aliphatic hydroxyl groups is 1. The molecule has 0 fully saturated rings. The molecule has 1 atom stereocenters. The van der Waals surface area contributed by atoms with Crippen molar-refractivity contribution >= 4 is 0 Å². The van der Waals surface area contributed by atoms with Crippen molar-refractivity contribution in [3.05, 3.63) is 53.3 Å². The van der Waals surface area contributed by atoms with Crippen LogP contribution in [0.15, 0.2) is 36.4 Å². The Balaban J connectivity index is 2.33. The van der Waals surface area contributed by atoms with E-state index in [1.165, 1.54) is 6.07 Å². The lowest BCUT2D eigenvalue weighted by atomic mass is 10.1. The maximum absolute atomic E-state index is 13.6. The van der Waals surface area contributed by atoms with E-state index in [0.29, 0.717) is 22.6 Å². The van der Waals surface area contributed by atoms with Crippen molar-refractivity contribution < 1.29 is 19.0 Å². The standard InChI is InChI=1S/C16H17FO3/c1-10-8-16(14(11(2)18)9-15(10)17)20-13-6-4-12(19-3)5-7-13/h4-9,11,18H,1-3H3/t11-/m1/s1. The number of halogens is 1. The molecular formula is C16H17FO3. The Morgan fingerprint density at radius 1 is 1.10 bits per heavy atom. The summed E-state index contributed by atoms with van der Waals surface area (Å²) in [7, 11) is 1.59. The van der Waals surface area contributed by atoms with Crippen LogP contribution in [0.25, 0.3) is 0 Å². The van der Waals surface area contributed by atoms with Gasteiger partial charge in [-0.3, -0.25) is 0 Å². The summed E-state index contributed by atoms with van der Waals surface area (Å²) in [5, 5.41) is 9.71. The first-order valence-corrected chi connectivity index (χ1v) is 6.31. The van der Waals surface area contributed by atoms with Gasteiger partial charge in [0, 0.05) is 5.56 Å². The molecule has 0 heterocycles. The second-order valence-corrected chi connectivity index (χ2v) is 4.59.